The molecule has 0 spiro atoms. The number of carbonyl (C=O) groups excluding carboxylic acids is 1. The molecule has 2 rings (SSSR count). The average Bonchev–Trinajstić information content (AvgIpc) is 2.34. The van der Waals surface area contributed by atoms with Crippen molar-refractivity contribution in [1.82, 2.24) is 4.98 Å². The van der Waals surface area contributed by atoms with Crippen LogP contribution in [0.4, 0.5) is 0 Å². The number of rotatable bonds is 3. The minimum Gasteiger partial charge on any atom is -0.466 e. The van der Waals surface area contributed by atoms with Gasteiger partial charge in [-0.2, -0.15) is 0 Å². The highest BCUT2D eigenvalue weighted by atomic mass is 35.5. The molecule has 0 aliphatic heterocycles. The first-order valence-corrected chi connectivity index (χ1v) is 5.78. The lowest BCUT2D eigenvalue weighted by Gasteiger charge is -2.06. The molecule has 0 fully saturated rings. The molecule has 0 saturated carbocycles. The van der Waals surface area contributed by atoms with Crippen molar-refractivity contribution in [2.45, 2.75) is 13.3 Å². The number of pyridine rings is 1. The highest BCUT2D eigenvalue weighted by Gasteiger charge is 2.10. The van der Waals surface area contributed by atoms with Crippen LogP contribution in [-0.4, -0.2) is 17.6 Å². The first-order chi connectivity index (χ1) is 8.22. The van der Waals surface area contributed by atoms with E-state index in [1.54, 1.807) is 19.2 Å². The van der Waals surface area contributed by atoms with Crippen molar-refractivity contribution < 1.29 is 9.53 Å². The van der Waals surface area contributed by atoms with Crippen molar-refractivity contribution in [1.29, 1.82) is 0 Å². The van der Waals surface area contributed by atoms with E-state index < -0.39 is 0 Å². The Morgan fingerprint density at radius 1 is 1.41 bits per heavy atom. The quantitative estimate of drug-likeness (QED) is 0.785. The molecule has 0 unspecified atom stereocenters. The molecule has 88 valence electrons. The molecule has 4 heteroatoms. The molecule has 0 atom stereocenters. The fourth-order valence-corrected chi connectivity index (χ4v) is 1.92. The van der Waals surface area contributed by atoms with Gasteiger partial charge in [-0.3, -0.25) is 9.78 Å². The molecule has 0 N–H and O–H groups in total. The molecule has 0 amide bonds. The Labute approximate surface area is 104 Å². The lowest BCUT2D eigenvalue weighted by atomic mass is 10.1. The summed E-state index contributed by atoms with van der Waals surface area (Å²) in [4.78, 5) is 15.7. The van der Waals surface area contributed by atoms with Crippen molar-refractivity contribution in [2.24, 2.45) is 0 Å². The summed E-state index contributed by atoms with van der Waals surface area (Å²) >= 11 is 6.07. The maximum atomic E-state index is 11.5. The molecule has 1 aromatic carbocycles. The van der Waals surface area contributed by atoms with E-state index in [0.717, 1.165) is 16.5 Å². The van der Waals surface area contributed by atoms with Crippen LogP contribution >= 0.6 is 11.6 Å². The second-order valence-corrected chi connectivity index (χ2v) is 4.00. The van der Waals surface area contributed by atoms with E-state index >= 15 is 0 Å². The maximum absolute atomic E-state index is 11.5. The van der Waals surface area contributed by atoms with Gasteiger partial charge >= 0.3 is 5.97 Å². The summed E-state index contributed by atoms with van der Waals surface area (Å²) in [5.74, 6) is -0.248. The van der Waals surface area contributed by atoms with Gasteiger partial charge in [0.1, 0.15) is 0 Å². The molecule has 2 aromatic rings. The van der Waals surface area contributed by atoms with Gasteiger partial charge < -0.3 is 4.74 Å². The molecule has 0 aliphatic carbocycles. The van der Waals surface area contributed by atoms with Crippen LogP contribution in [0.3, 0.4) is 0 Å². The highest BCUT2D eigenvalue weighted by molar-refractivity contribution is 6.35. The molecule has 0 radical (unpaired) electrons. The van der Waals surface area contributed by atoms with Crippen LogP contribution in [0.25, 0.3) is 10.9 Å². The van der Waals surface area contributed by atoms with Crippen molar-refractivity contribution in [3.8, 4) is 0 Å². The Morgan fingerprint density at radius 2 is 2.24 bits per heavy atom. The highest BCUT2D eigenvalue weighted by Crippen LogP contribution is 2.25. The molecular formula is C13H12ClNO2. The zero-order valence-corrected chi connectivity index (χ0v) is 10.2. The molecule has 0 bridgehead atoms. The predicted molar refractivity (Wildman–Crippen MR) is 67.1 cm³/mol. The number of carbonyl (C=O) groups is 1. The van der Waals surface area contributed by atoms with Gasteiger partial charge in [-0.25, -0.2) is 0 Å². The summed E-state index contributed by atoms with van der Waals surface area (Å²) in [6, 6.07) is 7.30. The monoisotopic (exact) mass is 249 g/mol. The minimum atomic E-state index is -0.248. The van der Waals surface area contributed by atoms with Gasteiger partial charge in [-0.05, 0) is 30.7 Å². The zero-order chi connectivity index (χ0) is 12.3. The van der Waals surface area contributed by atoms with Crippen LogP contribution in [0, 0.1) is 0 Å². The summed E-state index contributed by atoms with van der Waals surface area (Å²) in [5, 5.41) is 1.50. The van der Waals surface area contributed by atoms with E-state index in [4.69, 9.17) is 16.3 Å². The van der Waals surface area contributed by atoms with Crippen molar-refractivity contribution in [2.75, 3.05) is 6.61 Å². The van der Waals surface area contributed by atoms with Gasteiger partial charge in [0.25, 0.3) is 0 Å². The Bertz CT molecular complexity index is 554. The summed E-state index contributed by atoms with van der Waals surface area (Å²) in [6.07, 6.45) is 1.91. The number of halogens is 1. The number of nitrogens with zero attached hydrogens (tertiary/aromatic N) is 1. The van der Waals surface area contributed by atoms with E-state index in [-0.39, 0.29) is 12.4 Å². The first kappa shape index (κ1) is 11.9. The normalized spacial score (nSPS) is 10.5. The molecular weight excluding hydrogens is 238 g/mol. The fraction of sp³-hybridized carbons (Fsp3) is 0.231. The van der Waals surface area contributed by atoms with Crippen LogP contribution in [0.5, 0.6) is 0 Å². The van der Waals surface area contributed by atoms with Gasteiger partial charge in [-0.15, -0.1) is 0 Å². The topological polar surface area (TPSA) is 39.2 Å². The molecule has 0 aliphatic rings. The van der Waals surface area contributed by atoms with Crippen LogP contribution in [-0.2, 0) is 16.0 Å². The predicted octanol–water partition coefficient (Wildman–Crippen LogP) is 2.99. The van der Waals surface area contributed by atoms with Gasteiger partial charge in [0.05, 0.1) is 18.5 Å². The number of esters is 1. The third-order valence-corrected chi connectivity index (χ3v) is 2.77. The second kappa shape index (κ2) is 5.15. The van der Waals surface area contributed by atoms with Crippen molar-refractivity contribution >= 4 is 28.5 Å². The number of hydrogen-bond donors (Lipinski definition) is 0. The smallest absolute Gasteiger partial charge is 0.310 e. The number of fused-ring (bicyclic) bond motifs is 1. The van der Waals surface area contributed by atoms with Crippen LogP contribution in [0.2, 0.25) is 5.02 Å². The van der Waals surface area contributed by atoms with Crippen molar-refractivity contribution in [3.63, 3.8) is 0 Å². The largest absolute Gasteiger partial charge is 0.466 e. The molecule has 1 heterocycles. The fourth-order valence-electron chi connectivity index (χ4n) is 1.71. The lowest BCUT2D eigenvalue weighted by Crippen LogP contribution is -2.08. The first-order valence-electron chi connectivity index (χ1n) is 5.40. The second-order valence-electron chi connectivity index (χ2n) is 3.59. The van der Waals surface area contributed by atoms with Gasteiger partial charge in [0.15, 0.2) is 0 Å². The van der Waals surface area contributed by atoms with E-state index in [9.17, 15) is 4.79 Å². The Hall–Kier alpha value is -1.61. The number of benzene rings is 1. The Morgan fingerprint density at radius 3 is 3.00 bits per heavy atom. The average molecular weight is 250 g/mol. The van der Waals surface area contributed by atoms with Gasteiger partial charge in [0.2, 0.25) is 0 Å². The van der Waals surface area contributed by atoms with E-state index in [0.29, 0.717) is 11.6 Å². The van der Waals surface area contributed by atoms with E-state index in [1.165, 1.54) is 0 Å². The molecule has 3 nitrogen and oxygen atoms in total. The summed E-state index contributed by atoms with van der Waals surface area (Å²) in [7, 11) is 0. The van der Waals surface area contributed by atoms with Crippen LogP contribution in [0.1, 0.15) is 12.5 Å². The number of ether oxygens (including phenoxy) is 1. The maximum Gasteiger partial charge on any atom is 0.310 e. The van der Waals surface area contributed by atoms with E-state index in [1.807, 2.05) is 18.2 Å². The van der Waals surface area contributed by atoms with Gasteiger partial charge in [-0.1, -0.05) is 17.7 Å². The van der Waals surface area contributed by atoms with Crippen LogP contribution in [0.15, 0.2) is 30.5 Å². The minimum absolute atomic E-state index is 0.221. The Kier molecular flexibility index (Phi) is 3.59. The third-order valence-electron chi connectivity index (χ3n) is 2.44. The number of hydrogen-bond acceptors (Lipinski definition) is 3. The van der Waals surface area contributed by atoms with Crippen molar-refractivity contribution in [3.05, 3.63) is 41.0 Å². The zero-order valence-electron chi connectivity index (χ0n) is 9.44. The standard InChI is InChI=1S/C13H12ClNO2/c1-2-17-12(16)8-9-5-6-11(14)10-4-3-7-15-13(9)10/h3-7H,2,8H2,1H3. The third kappa shape index (κ3) is 2.56. The molecule has 0 saturated heterocycles. The van der Waals surface area contributed by atoms with Gasteiger partial charge in [0, 0.05) is 16.6 Å². The summed E-state index contributed by atoms with van der Waals surface area (Å²) < 4.78 is 4.93. The molecule has 17 heavy (non-hydrogen) atoms. The summed E-state index contributed by atoms with van der Waals surface area (Å²) in [5.41, 5.74) is 1.59. The van der Waals surface area contributed by atoms with Crippen LogP contribution < -0.4 is 0 Å². The molecule has 1 aromatic heterocycles. The number of aromatic nitrogens is 1. The lowest BCUT2D eigenvalue weighted by molar-refractivity contribution is -0.142. The Balaban J connectivity index is 2.41. The summed E-state index contributed by atoms with van der Waals surface area (Å²) in [6.45, 7) is 2.17. The SMILES string of the molecule is CCOC(=O)Cc1ccc(Cl)c2cccnc12. The van der Waals surface area contributed by atoms with E-state index in [2.05, 4.69) is 4.98 Å².